The SMILES string of the molecule is CNCC(C)CNC(=O)CCC1CCCCO1. The Balaban J connectivity index is 2.04. The molecule has 0 aromatic rings. The van der Waals surface area contributed by atoms with E-state index in [0.717, 1.165) is 32.5 Å². The largest absolute Gasteiger partial charge is 0.378 e. The number of hydrogen-bond donors (Lipinski definition) is 2. The predicted molar refractivity (Wildman–Crippen MR) is 68.9 cm³/mol. The summed E-state index contributed by atoms with van der Waals surface area (Å²) in [5.74, 6) is 0.636. The van der Waals surface area contributed by atoms with Gasteiger partial charge in [0, 0.05) is 19.6 Å². The Morgan fingerprint density at radius 3 is 2.88 bits per heavy atom. The van der Waals surface area contributed by atoms with Crippen LogP contribution >= 0.6 is 0 Å². The Morgan fingerprint density at radius 2 is 2.24 bits per heavy atom. The van der Waals surface area contributed by atoms with Gasteiger partial charge in [0.15, 0.2) is 0 Å². The van der Waals surface area contributed by atoms with Crippen LogP contribution in [0.1, 0.15) is 39.0 Å². The maximum absolute atomic E-state index is 11.6. The Morgan fingerprint density at radius 1 is 1.41 bits per heavy atom. The van der Waals surface area contributed by atoms with Crippen molar-refractivity contribution in [1.82, 2.24) is 10.6 Å². The highest BCUT2D eigenvalue weighted by molar-refractivity contribution is 5.75. The molecule has 0 spiro atoms. The number of ether oxygens (including phenoxy) is 1. The fourth-order valence-corrected chi connectivity index (χ4v) is 2.12. The van der Waals surface area contributed by atoms with E-state index in [0.29, 0.717) is 18.4 Å². The molecule has 2 atom stereocenters. The first-order chi connectivity index (χ1) is 8.22. The molecule has 100 valence electrons. The van der Waals surface area contributed by atoms with Gasteiger partial charge in [0.05, 0.1) is 6.10 Å². The van der Waals surface area contributed by atoms with Crippen molar-refractivity contribution in [2.75, 3.05) is 26.7 Å². The summed E-state index contributed by atoms with van der Waals surface area (Å²) in [7, 11) is 1.93. The van der Waals surface area contributed by atoms with Crippen molar-refractivity contribution in [3.8, 4) is 0 Å². The van der Waals surface area contributed by atoms with Crippen LogP contribution < -0.4 is 10.6 Å². The first-order valence-corrected chi connectivity index (χ1v) is 6.75. The minimum absolute atomic E-state index is 0.155. The van der Waals surface area contributed by atoms with Crippen molar-refractivity contribution < 1.29 is 9.53 Å². The lowest BCUT2D eigenvalue weighted by Gasteiger charge is -2.22. The van der Waals surface area contributed by atoms with Crippen LogP contribution in [-0.4, -0.2) is 38.8 Å². The van der Waals surface area contributed by atoms with Gasteiger partial charge < -0.3 is 15.4 Å². The first-order valence-electron chi connectivity index (χ1n) is 6.75. The van der Waals surface area contributed by atoms with Gasteiger partial charge in [0.2, 0.25) is 5.91 Å². The number of nitrogens with one attached hydrogen (secondary N) is 2. The van der Waals surface area contributed by atoms with Crippen molar-refractivity contribution in [1.29, 1.82) is 0 Å². The van der Waals surface area contributed by atoms with Crippen molar-refractivity contribution in [2.24, 2.45) is 5.92 Å². The molecule has 4 nitrogen and oxygen atoms in total. The minimum atomic E-state index is 0.155. The van der Waals surface area contributed by atoms with Crippen molar-refractivity contribution >= 4 is 5.91 Å². The zero-order valence-corrected chi connectivity index (χ0v) is 11.1. The fourth-order valence-electron chi connectivity index (χ4n) is 2.12. The highest BCUT2D eigenvalue weighted by Crippen LogP contribution is 2.16. The maximum Gasteiger partial charge on any atom is 0.220 e. The molecule has 1 fully saturated rings. The fraction of sp³-hybridized carbons (Fsp3) is 0.923. The summed E-state index contributed by atoms with van der Waals surface area (Å²) in [6.07, 6.45) is 5.30. The van der Waals surface area contributed by atoms with Crippen molar-refractivity contribution in [3.63, 3.8) is 0 Å². The van der Waals surface area contributed by atoms with Crippen LogP contribution in [0, 0.1) is 5.92 Å². The summed E-state index contributed by atoms with van der Waals surface area (Å²) >= 11 is 0. The molecular formula is C13H26N2O2. The van der Waals surface area contributed by atoms with Gasteiger partial charge in [-0.05, 0) is 45.2 Å². The summed E-state index contributed by atoms with van der Waals surface area (Å²) in [6, 6.07) is 0. The van der Waals surface area contributed by atoms with E-state index in [2.05, 4.69) is 17.6 Å². The average molecular weight is 242 g/mol. The summed E-state index contributed by atoms with van der Waals surface area (Å²) in [4.78, 5) is 11.6. The summed E-state index contributed by atoms with van der Waals surface area (Å²) in [5.41, 5.74) is 0. The normalized spacial score (nSPS) is 22.1. The van der Waals surface area contributed by atoms with Crippen LogP contribution in [0.25, 0.3) is 0 Å². The van der Waals surface area contributed by atoms with E-state index in [1.165, 1.54) is 12.8 Å². The average Bonchev–Trinajstić information content (AvgIpc) is 2.35. The topological polar surface area (TPSA) is 50.4 Å². The van der Waals surface area contributed by atoms with Gasteiger partial charge in [0.25, 0.3) is 0 Å². The lowest BCUT2D eigenvalue weighted by Crippen LogP contribution is -2.32. The molecule has 1 rings (SSSR count). The summed E-state index contributed by atoms with van der Waals surface area (Å²) < 4.78 is 5.60. The third kappa shape index (κ3) is 6.64. The molecule has 1 aliphatic rings. The Hall–Kier alpha value is -0.610. The monoisotopic (exact) mass is 242 g/mol. The lowest BCUT2D eigenvalue weighted by molar-refractivity contribution is -0.122. The lowest BCUT2D eigenvalue weighted by atomic mass is 10.0. The highest BCUT2D eigenvalue weighted by atomic mass is 16.5. The minimum Gasteiger partial charge on any atom is -0.378 e. The molecule has 0 bridgehead atoms. The second-order valence-corrected chi connectivity index (χ2v) is 4.99. The van der Waals surface area contributed by atoms with E-state index >= 15 is 0 Å². The molecule has 0 saturated carbocycles. The van der Waals surface area contributed by atoms with E-state index in [1.807, 2.05) is 7.05 Å². The second kappa shape index (κ2) is 8.48. The number of carbonyl (C=O) groups excluding carboxylic acids is 1. The van der Waals surface area contributed by atoms with Crippen molar-refractivity contribution in [3.05, 3.63) is 0 Å². The van der Waals surface area contributed by atoms with Gasteiger partial charge in [-0.25, -0.2) is 0 Å². The van der Waals surface area contributed by atoms with E-state index in [4.69, 9.17) is 4.74 Å². The number of rotatable bonds is 7. The third-order valence-electron chi connectivity index (χ3n) is 3.17. The second-order valence-electron chi connectivity index (χ2n) is 4.99. The van der Waals surface area contributed by atoms with Gasteiger partial charge in [0.1, 0.15) is 0 Å². The Kier molecular flexibility index (Phi) is 7.21. The number of carbonyl (C=O) groups is 1. The highest BCUT2D eigenvalue weighted by Gasteiger charge is 2.15. The molecule has 1 heterocycles. The summed E-state index contributed by atoms with van der Waals surface area (Å²) in [6.45, 7) is 4.68. The zero-order valence-electron chi connectivity index (χ0n) is 11.1. The van der Waals surface area contributed by atoms with Crippen molar-refractivity contribution in [2.45, 2.75) is 45.1 Å². The molecule has 0 radical (unpaired) electrons. The first kappa shape index (κ1) is 14.5. The van der Waals surface area contributed by atoms with Gasteiger partial charge in [-0.1, -0.05) is 6.92 Å². The Bertz CT molecular complexity index is 215. The van der Waals surface area contributed by atoms with Gasteiger partial charge in [-0.3, -0.25) is 4.79 Å². The van der Waals surface area contributed by atoms with Gasteiger partial charge >= 0.3 is 0 Å². The van der Waals surface area contributed by atoms with Gasteiger partial charge in [-0.2, -0.15) is 0 Å². The maximum atomic E-state index is 11.6. The smallest absolute Gasteiger partial charge is 0.220 e. The molecule has 1 amide bonds. The van der Waals surface area contributed by atoms with Crippen LogP contribution in [0.2, 0.25) is 0 Å². The van der Waals surface area contributed by atoms with Crippen LogP contribution in [0.15, 0.2) is 0 Å². The van der Waals surface area contributed by atoms with Crippen LogP contribution in [0.5, 0.6) is 0 Å². The van der Waals surface area contributed by atoms with E-state index in [-0.39, 0.29) is 5.91 Å². The molecule has 1 saturated heterocycles. The standard InChI is InChI=1S/C13H26N2O2/c1-11(9-14-2)10-15-13(16)7-6-12-5-3-4-8-17-12/h11-12,14H,3-10H2,1-2H3,(H,15,16). The predicted octanol–water partition coefficient (Wildman–Crippen LogP) is 1.31. The van der Waals surface area contributed by atoms with E-state index < -0.39 is 0 Å². The molecule has 0 aliphatic carbocycles. The number of amides is 1. The third-order valence-corrected chi connectivity index (χ3v) is 3.17. The van der Waals surface area contributed by atoms with Crippen LogP contribution in [0.4, 0.5) is 0 Å². The molecular weight excluding hydrogens is 216 g/mol. The molecule has 17 heavy (non-hydrogen) atoms. The molecule has 4 heteroatoms. The zero-order chi connectivity index (χ0) is 12.5. The molecule has 0 aromatic carbocycles. The van der Waals surface area contributed by atoms with E-state index in [1.54, 1.807) is 0 Å². The van der Waals surface area contributed by atoms with Crippen LogP contribution in [-0.2, 0) is 9.53 Å². The Labute approximate surface area is 104 Å². The number of hydrogen-bond acceptors (Lipinski definition) is 3. The molecule has 1 aliphatic heterocycles. The summed E-state index contributed by atoms with van der Waals surface area (Å²) in [5, 5.41) is 6.08. The van der Waals surface area contributed by atoms with Crippen LogP contribution in [0.3, 0.4) is 0 Å². The van der Waals surface area contributed by atoms with E-state index in [9.17, 15) is 4.79 Å². The van der Waals surface area contributed by atoms with Gasteiger partial charge in [-0.15, -0.1) is 0 Å². The molecule has 2 unspecified atom stereocenters. The molecule has 2 N–H and O–H groups in total. The quantitative estimate of drug-likeness (QED) is 0.707. The molecule has 0 aromatic heterocycles.